The molecule has 0 unspecified atom stereocenters. The van der Waals surface area contributed by atoms with Gasteiger partial charge in [-0.25, -0.2) is 4.79 Å². The van der Waals surface area contributed by atoms with E-state index in [4.69, 9.17) is 4.74 Å². The molecule has 18 heavy (non-hydrogen) atoms. The van der Waals surface area contributed by atoms with Gasteiger partial charge in [0.25, 0.3) is 0 Å². The zero-order valence-electron chi connectivity index (χ0n) is 10.8. The molecule has 0 atom stereocenters. The summed E-state index contributed by atoms with van der Waals surface area (Å²) < 4.78 is 5.18. The smallest absolute Gasteiger partial charge is 0.331 e. The van der Waals surface area contributed by atoms with Crippen LogP contribution in [0.2, 0.25) is 0 Å². The molecule has 0 aliphatic carbocycles. The Morgan fingerprint density at radius 1 is 1.44 bits per heavy atom. The standard InChI is InChI=1S/C13H16N2O3/c1-9-4-5-10-11(6-9)18-13(17)8-15(10)7-12(16)14(2)3/h4-6H,7-8H2,1-3H3. The molecule has 5 heteroatoms. The lowest BCUT2D eigenvalue weighted by Gasteiger charge is -2.30. The molecule has 0 aromatic heterocycles. The summed E-state index contributed by atoms with van der Waals surface area (Å²) >= 11 is 0. The van der Waals surface area contributed by atoms with E-state index >= 15 is 0 Å². The highest BCUT2D eigenvalue weighted by Crippen LogP contribution is 2.32. The summed E-state index contributed by atoms with van der Waals surface area (Å²) in [5, 5.41) is 0. The fourth-order valence-electron chi connectivity index (χ4n) is 1.81. The molecule has 96 valence electrons. The number of benzene rings is 1. The molecule has 1 amide bonds. The van der Waals surface area contributed by atoms with Gasteiger partial charge in [-0.05, 0) is 24.6 Å². The third kappa shape index (κ3) is 2.45. The van der Waals surface area contributed by atoms with Gasteiger partial charge in [-0.3, -0.25) is 4.79 Å². The highest BCUT2D eigenvalue weighted by Gasteiger charge is 2.25. The third-order valence-electron chi connectivity index (χ3n) is 2.82. The lowest BCUT2D eigenvalue weighted by molar-refractivity contribution is -0.133. The van der Waals surface area contributed by atoms with Crippen LogP contribution in [0, 0.1) is 6.92 Å². The van der Waals surface area contributed by atoms with Crippen molar-refractivity contribution in [2.24, 2.45) is 0 Å². The number of carbonyl (C=O) groups excluding carboxylic acids is 2. The molecule has 5 nitrogen and oxygen atoms in total. The topological polar surface area (TPSA) is 49.9 Å². The molecule has 1 aliphatic heterocycles. The summed E-state index contributed by atoms with van der Waals surface area (Å²) in [6, 6.07) is 5.62. The predicted molar refractivity (Wildman–Crippen MR) is 67.7 cm³/mol. The third-order valence-corrected chi connectivity index (χ3v) is 2.82. The first kappa shape index (κ1) is 12.4. The van der Waals surface area contributed by atoms with Gasteiger partial charge in [0.15, 0.2) is 5.75 Å². The second kappa shape index (κ2) is 4.68. The Morgan fingerprint density at radius 3 is 2.83 bits per heavy atom. The van der Waals surface area contributed by atoms with E-state index in [9.17, 15) is 9.59 Å². The lowest BCUT2D eigenvalue weighted by Crippen LogP contribution is -2.43. The van der Waals surface area contributed by atoms with E-state index in [0.717, 1.165) is 11.3 Å². The molecule has 0 fully saturated rings. The van der Waals surface area contributed by atoms with Crippen LogP contribution < -0.4 is 9.64 Å². The van der Waals surface area contributed by atoms with E-state index in [-0.39, 0.29) is 25.0 Å². The summed E-state index contributed by atoms with van der Waals surface area (Å²) in [5.74, 6) is 0.147. The molecule has 0 spiro atoms. The summed E-state index contributed by atoms with van der Waals surface area (Å²) in [6.07, 6.45) is 0. The molecule has 1 aliphatic rings. The minimum Gasteiger partial charge on any atom is -0.423 e. The van der Waals surface area contributed by atoms with Crippen molar-refractivity contribution in [1.29, 1.82) is 0 Å². The van der Waals surface area contributed by atoms with Gasteiger partial charge in [-0.1, -0.05) is 6.07 Å². The number of ether oxygens (including phenoxy) is 1. The average molecular weight is 248 g/mol. The maximum atomic E-state index is 11.7. The molecule has 0 N–H and O–H groups in total. The van der Waals surface area contributed by atoms with Crippen LogP contribution in [0.25, 0.3) is 0 Å². The Kier molecular flexibility index (Phi) is 3.23. The first-order valence-corrected chi connectivity index (χ1v) is 5.74. The van der Waals surface area contributed by atoms with Crippen molar-refractivity contribution in [1.82, 2.24) is 4.90 Å². The molecule has 1 aromatic rings. The van der Waals surface area contributed by atoms with E-state index < -0.39 is 0 Å². The number of esters is 1. The minimum absolute atomic E-state index is 0.0452. The van der Waals surface area contributed by atoms with E-state index in [1.165, 1.54) is 4.90 Å². The Morgan fingerprint density at radius 2 is 2.17 bits per heavy atom. The summed E-state index contributed by atoms with van der Waals surface area (Å²) in [7, 11) is 3.39. The van der Waals surface area contributed by atoms with Crippen molar-refractivity contribution >= 4 is 17.6 Å². The fraction of sp³-hybridized carbons (Fsp3) is 0.385. The van der Waals surface area contributed by atoms with Crippen molar-refractivity contribution in [3.05, 3.63) is 23.8 Å². The second-order valence-corrected chi connectivity index (χ2v) is 4.59. The monoisotopic (exact) mass is 248 g/mol. The van der Waals surface area contributed by atoms with Crippen LogP contribution in [0.1, 0.15) is 5.56 Å². The first-order chi connectivity index (χ1) is 8.47. The van der Waals surface area contributed by atoms with Crippen LogP contribution in [0.5, 0.6) is 5.75 Å². The van der Waals surface area contributed by atoms with Gasteiger partial charge in [0, 0.05) is 14.1 Å². The van der Waals surface area contributed by atoms with Gasteiger partial charge in [-0.2, -0.15) is 0 Å². The number of aryl methyl sites for hydroxylation is 1. The zero-order valence-corrected chi connectivity index (χ0v) is 10.8. The Balaban J connectivity index is 2.28. The zero-order chi connectivity index (χ0) is 13.3. The van der Waals surface area contributed by atoms with Gasteiger partial charge >= 0.3 is 5.97 Å². The maximum Gasteiger partial charge on any atom is 0.331 e. The van der Waals surface area contributed by atoms with E-state index in [1.54, 1.807) is 25.1 Å². The number of hydrogen-bond donors (Lipinski definition) is 0. The number of amides is 1. The molecular formula is C13H16N2O3. The first-order valence-electron chi connectivity index (χ1n) is 5.74. The van der Waals surface area contributed by atoms with Gasteiger partial charge in [-0.15, -0.1) is 0 Å². The largest absolute Gasteiger partial charge is 0.423 e. The number of fused-ring (bicyclic) bond motifs is 1. The van der Waals surface area contributed by atoms with Crippen molar-refractivity contribution < 1.29 is 14.3 Å². The van der Waals surface area contributed by atoms with Crippen LogP contribution >= 0.6 is 0 Å². The van der Waals surface area contributed by atoms with E-state index in [1.807, 2.05) is 19.1 Å². The van der Waals surface area contributed by atoms with Crippen molar-refractivity contribution in [2.75, 3.05) is 32.1 Å². The van der Waals surface area contributed by atoms with Gasteiger partial charge in [0.1, 0.15) is 6.54 Å². The number of rotatable bonds is 2. The number of hydrogen-bond acceptors (Lipinski definition) is 4. The lowest BCUT2D eigenvalue weighted by atomic mass is 10.1. The molecular weight excluding hydrogens is 232 g/mol. The minimum atomic E-state index is -0.334. The fourth-order valence-corrected chi connectivity index (χ4v) is 1.81. The highest BCUT2D eigenvalue weighted by atomic mass is 16.5. The van der Waals surface area contributed by atoms with Crippen molar-refractivity contribution in [2.45, 2.75) is 6.92 Å². The Hall–Kier alpha value is -2.04. The second-order valence-electron chi connectivity index (χ2n) is 4.59. The maximum absolute atomic E-state index is 11.7. The number of anilines is 1. The van der Waals surface area contributed by atoms with Crippen molar-refractivity contribution in [3.8, 4) is 5.75 Å². The van der Waals surface area contributed by atoms with Crippen LogP contribution in [-0.2, 0) is 9.59 Å². The van der Waals surface area contributed by atoms with E-state index in [2.05, 4.69) is 0 Å². The van der Waals surface area contributed by atoms with Crippen LogP contribution in [-0.4, -0.2) is 44.0 Å². The number of nitrogens with zero attached hydrogens (tertiary/aromatic N) is 2. The number of carbonyl (C=O) groups is 2. The Labute approximate surface area is 106 Å². The normalized spacial score (nSPS) is 13.9. The number of likely N-dealkylation sites (N-methyl/N-ethyl adjacent to an activating group) is 1. The van der Waals surface area contributed by atoms with Gasteiger partial charge < -0.3 is 14.5 Å². The SMILES string of the molecule is Cc1ccc2c(c1)OC(=O)CN2CC(=O)N(C)C. The quantitative estimate of drug-likeness (QED) is 0.574. The molecule has 0 radical (unpaired) electrons. The van der Waals surface area contributed by atoms with Crippen molar-refractivity contribution in [3.63, 3.8) is 0 Å². The summed E-state index contributed by atoms with van der Waals surface area (Å²) in [5.41, 5.74) is 1.80. The molecule has 0 bridgehead atoms. The predicted octanol–water partition coefficient (Wildman–Crippen LogP) is 0.809. The average Bonchev–Trinajstić information content (AvgIpc) is 2.27. The molecule has 1 aromatic carbocycles. The summed E-state index contributed by atoms with van der Waals surface area (Å²) in [4.78, 5) is 26.5. The van der Waals surface area contributed by atoms with E-state index in [0.29, 0.717) is 5.75 Å². The van der Waals surface area contributed by atoms with Crippen LogP contribution in [0.3, 0.4) is 0 Å². The molecule has 0 saturated carbocycles. The van der Waals surface area contributed by atoms with Gasteiger partial charge in [0.2, 0.25) is 5.91 Å². The highest BCUT2D eigenvalue weighted by molar-refractivity contribution is 5.89. The van der Waals surface area contributed by atoms with Gasteiger partial charge in [0.05, 0.1) is 12.2 Å². The summed E-state index contributed by atoms with van der Waals surface area (Å²) in [6.45, 7) is 2.21. The van der Waals surface area contributed by atoms with Crippen LogP contribution in [0.15, 0.2) is 18.2 Å². The molecule has 2 rings (SSSR count). The van der Waals surface area contributed by atoms with Crippen LogP contribution in [0.4, 0.5) is 5.69 Å². The molecule has 0 saturated heterocycles. The molecule has 1 heterocycles. The Bertz CT molecular complexity index is 497.